The summed E-state index contributed by atoms with van der Waals surface area (Å²) in [7, 11) is 0. The third-order valence-corrected chi connectivity index (χ3v) is 16.3. The minimum absolute atomic E-state index is 0.109. The summed E-state index contributed by atoms with van der Waals surface area (Å²) in [5.41, 5.74) is 23.4. The smallest absolute Gasteiger partial charge is 0.256 e. The maximum atomic E-state index is 2.67. The van der Waals surface area contributed by atoms with Gasteiger partial charge in [-0.25, -0.2) is 0 Å². The third kappa shape index (κ3) is 6.43. The van der Waals surface area contributed by atoms with Gasteiger partial charge in [0.05, 0.1) is 0 Å². The molecule has 1 aliphatic carbocycles. The van der Waals surface area contributed by atoms with Gasteiger partial charge in [-0.1, -0.05) is 187 Å². The molecule has 0 amide bonds. The van der Waals surface area contributed by atoms with Crippen molar-refractivity contribution in [2.24, 2.45) is 0 Å². The van der Waals surface area contributed by atoms with E-state index in [2.05, 4.69) is 224 Å². The van der Waals surface area contributed by atoms with Gasteiger partial charge < -0.3 is 4.90 Å². The quantitative estimate of drug-likeness (QED) is 0.156. The van der Waals surface area contributed by atoms with Crippen molar-refractivity contribution in [3.05, 3.63) is 262 Å². The second-order valence-corrected chi connectivity index (χ2v) is 19.7. The lowest BCUT2D eigenvalue weighted by Gasteiger charge is -2.39. The van der Waals surface area contributed by atoms with Crippen LogP contribution >= 0.6 is 11.3 Å². The number of para-hydroxylation sites is 2. The van der Waals surface area contributed by atoms with Crippen molar-refractivity contribution in [3.63, 3.8) is 0 Å². The minimum Gasteiger partial charge on any atom is -0.310 e. The fourth-order valence-corrected chi connectivity index (χ4v) is 13.4. The number of hydrogen-bond donors (Lipinski definition) is 0. The second kappa shape index (κ2) is 16.0. The summed E-state index contributed by atoms with van der Waals surface area (Å²) in [6.07, 6.45) is 3.92. The van der Waals surface area contributed by atoms with Crippen LogP contribution in [0.5, 0.6) is 0 Å². The molecule has 1 nitrogen and oxygen atoms in total. The van der Waals surface area contributed by atoms with Gasteiger partial charge in [0.1, 0.15) is 0 Å². The first-order valence-electron chi connectivity index (χ1n) is 23.7. The molecule has 3 heterocycles. The molecule has 0 spiro atoms. The minimum atomic E-state index is 0.109. The molecule has 66 heavy (non-hydrogen) atoms. The van der Waals surface area contributed by atoms with Gasteiger partial charge in [0.15, 0.2) is 0 Å². The monoisotopic (exact) mass is 861 g/mol. The van der Waals surface area contributed by atoms with Crippen LogP contribution in [0.3, 0.4) is 0 Å². The number of benzene rings is 9. The first-order chi connectivity index (χ1) is 32.7. The van der Waals surface area contributed by atoms with Gasteiger partial charge >= 0.3 is 0 Å². The Bertz CT molecular complexity index is 3410. The van der Waals surface area contributed by atoms with Gasteiger partial charge in [-0.05, 0) is 146 Å². The van der Waals surface area contributed by atoms with Gasteiger partial charge in [-0.2, -0.15) is 0 Å². The molecule has 2 aliphatic heterocycles. The highest BCUT2D eigenvalue weighted by Gasteiger charge is 2.44. The van der Waals surface area contributed by atoms with E-state index in [1.54, 1.807) is 0 Å². The van der Waals surface area contributed by atoms with Crippen molar-refractivity contribution in [2.45, 2.75) is 44.4 Å². The number of hydrogen-bond acceptors (Lipinski definition) is 2. The molecule has 0 radical (unpaired) electrons. The van der Waals surface area contributed by atoms with Gasteiger partial charge in [-0.15, -0.1) is 11.3 Å². The van der Waals surface area contributed by atoms with Crippen molar-refractivity contribution in [1.82, 2.24) is 0 Å². The molecule has 2 unspecified atom stereocenters. The summed E-state index contributed by atoms with van der Waals surface area (Å²) in [6, 6.07) is 80.6. The fourth-order valence-electron chi connectivity index (χ4n) is 12.0. The predicted octanol–water partition coefficient (Wildman–Crippen LogP) is 14.2. The van der Waals surface area contributed by atoms with Crippen LogP contribution in [-0.2, 0) is 19.3 Å². The Morgan fingerprint density at radius 1 is 0.515 bits per heavy atom. The Labute approximate surface area is 392 Å². The van der Waals surface area contributed by atoms with E-state index in [0.717, 1.165) is 37.1 Å². The SMILES string of the molecule is Cc1cccc2c1CC1c3cc(ccc3B3c4c(cc(N(c5ccccc5)c5ccccc5)cc41)-c1cccc4c(-c5ccccc5)sc3c14)C(c1ccccc1)CCc1ccccc1C2. The maximum absolute atomic E-state index is 2.67. The molecule has 13 rings (SSSR count). The molecular weight excluding hydrogens is 814 g/mol. The van der Waals surface area contributed by atoms with Gasteiger partial charge in [0.25, 0.3) is 6.71 Å². The van der Waals surface area contributed by atoms with E-state index >= 15 is 0 Å². The van der Waals surface area contributed by atoms with Crippen LogP contribution in [0.1, 0.15) is 68.3 Å². The molecule has 3 heteroatoms. The van der Waals surface area contributed by atoms with Gasteiger partial charge in [0, 0.05) is 39.2 Å². The highest BCUT2D eigenvalue weighted by Crippen LogP contribution is 2.48. The lowest BCUT2D eigenvalue weighted by molar-refractivity contribution is 0.709. The van der Waals surface area contributed by atoms with Crippen LogP contribution in [0.4, 0.5) is 17.1 Å². The van der Waals surface area contributed by atoms with Crippen LogP contribution in [-0.4, -0.2) is 6.71 Å². The van der Waals surface area contributed by atoms with Gasteiger partial charge in [0.2, 0.25) is 0 Å². The lowest BCUT2D eigenvalue weighted by Crippen LogP contribution is -2.59. The van der Waals surface area contributed by atoms with Crippen LogP contribution in [0, 0.1) is 6.92 Å². The zero-order valence-electron chi connectivity index (χ0n) is 37.1. The number of nitrogens with zero attached hydrogens (tertiary/aromatic N) is 1. The van der Waals surface area contributed by atoms with Crippen LogP contribution in [0.2, 0.25) is 0 Å². The largest absolute Gasteiger partial charge is 0.310 e. The molecule has 314 valence electrons. The second-order valence-electron chi connectivity index (χ2n) is 18.6. The summed E-state index contributed by atoms with van der Waals surface area (Å²) < 4.78 is 1.47. The average Bonchev–Trinajstić information content (AvgIpc) is 3.76. The normalized spacial score (nSPS) is 15.7. The van der Waals surface area contributed by atoms with Crippen LogP contribution < -0.4 is 20.6 Å². The zero-order chi connectivity index (χ0) is 43.7. The molecule has 2 bridgehead atoms. The maximum Gasteiger partial charge on any atom is 0.256 e. The molecule has 0 saturated heterocycles. The molecule has 2 atom stereocenters. The van der Waals surface area contributed by atoms with E-state index in [1.165, 1.54) is 104 Å². The molecule has 0 saturated carbocycles. The zero-order valence-corrected chi connectivity index (χ0v) is 37.9. The van der Waals surface area contributed by atoms with Crippen molar-refractivity contribution in [3.8, 4) is 21.6 Å². The van der Waals surface area contributed by atoms with Crippen molar-refractivity contribution >= 4 is 61.6 Å². The molecule has 9 aromatic carbocycles. The first kappa shape index (κ1) is 39.2. The topological polar surface area (TPSA) is 3.24 Å². The summed E-state index contributed by atoms with van der Waals surface area (Å²) in [4.78, 5) is 3.84. The van der Waals surface area contributed by atoms with Crippen molar-refractivity contribution in [2.75, 3.05) is 4.90 Å². The number of fused-ring (bicyclic) bond motifs is 7. The standard InChI is InChI=1S/C63H48BNS/c1-41-18-16-25-46-36-45-24-15-14-19-42(45)32-34-51(43-20-6-2-7-21-43)47-33-35-59-56(37-47)55(40-54(41)46)58-39-50(65(48-26-10-4-11-27-48)49-28-12-5-13-29-49)38-57-52-30-17-31-53-60(52)63(64(59)61(57)58)66-62(53)44-22-8-3-9-23-44/h2-31,33,35,37-39,51,55H,32,34,36,40H2,1H3. The summed E-state index contributed by atoms with van der Waals surface area (Å²) in [6.45, 7) is 2.46. The number of rotatable bonds is 5. The summed E-state index contributed by atoms with van der Waals surface area (Å²) in [5.74, 6) is 0.384. The Kier molecular flexibility index (Phi) is 9.53. The summed E-state index contributed by atoms with van der Waals surface area (Å²) >= 11 is 2.02. The molecule has 10 aromatic rings. The first-order valence-corrected chi connectivity index (χ1v) is 24.5. The highest BCUT2D eigenvalue weighted by atomic mass is 32.1. The van der Waals surface area contributed by atoms with E-state index in [-0.39, 0.29) is 18.5 Å². The van der Waals surface area contributed by atoms with E-state index in [4.69, 9.17) is 0 Å². The molecule has 0 fully saturated rings. The summed E-state index contributed by atoms with van der Waals surface area (Å²) in [5, 5.41) is 2.76. The van der Waals surface area contributed by atoms with Gasteiger partial charge in [-0.3, -0.25) is 0 Å². The van der Waals surface area contributed by atoms with Crippen LogP contribution in [0.25, 0.3) is 32.3 Å². The number of anilines is 3. The lowest BCUT2D eigenvalue weighted by atomic mass is 9.32. The van der Waals surface area contributed by atoms with E-state index in [9.17, 15) is 0 Å². The Morgan fingerprint density at radius 2 is 1.18 bits per heavy atom. The molecule has 0 N–H and O–H groups in total. The van der Waals surface area contributed by atoms with E-state index < -0.39 is 0 Å². The van der Waals surface area contributed by atoms with E-state index in [0.29, 0.717) is 0 Å². The average molecular weight is 862 g/mol. The van der Waals surface area contributed by atoms with Crippen molar-refractivity contribution < 1.29 is 0 Å². The van der Waals surface area contributed by atoms with E-state index in [1.807, 2.05) is 11.3 Å². The Hall–Kier alpha value is -7.20. The number of aryl methyl sites for hydroxylation is 2. The molecule has 1 aromatic heterocycles. The van der Waals surface area contributed by atoms with Crippen LogP contribution in [0.15, 0.2) is 212 Å². The predicted molar refractivity (Wildman–Crippen MR) is 281 cm³/mol. The van der Waals surface area contributed by atoms with Crippen molar-refractivity contribution in [1.29, 1.82) is 0 Å². The number of thiophene rings is 1. The molecular formula is C63H48BNS. The fraction of sp³-hybridized carbons (Fsp3) is 0.111. The highest BCUT2D eigenvalue weighted by molar-refractivity contribution is 7.32. The Morgan fingerprint density at radius 3 is 1.94 bits per heavy atom. The Balaban J connectivity index is 1.13. The third-order valence-electron chi connectivity index (χ3n) is 15.0. The molecule has 3 aliphatic rings.